The molecule has 0 aromatic carbocycles. The van der Waals surface area contributed by atoms with E-state index in [1.54, 1.807) is 11.3 Å². The Morgan fingerprint density at radius 3 is 3.00 bits per heavy atom. The number of rotatable bonds is 3. The average Bonchev–Trinajstić information content (AvgIpc) is 2.93. The summed E-state index contributed by atoms with van der Waals surface area (Å²) in [5, 5.41) is 2.07. The van der Waals surface area contributed by atoms with Crippen LogP contribution in [0.2, 0.25) is 0 Å². The Morgan fingerprint density at radius 2 is 2.28 bits per heavy atom. The van der Waals surface area contributed by atoms with Crippen molar-refractivity contribution in [1.82, 2.24) is 9.38 Å². The van der Waals surface area contributed by atoms with E-state index in [2.05, 4.69) is 20.9 Å². The largest absolute Gasteiger partial charge is 0.378 e. The SMILES string of the molecule is CC(N)Cc1c(N2CCOCC2)nc2sccn12. The molecule has 1 saturated heterocycles. The maximum atomic E-state index is 5.96. The smallest absolute Gasteiger partial charge is 0.195 e. The zero-order chi connectivity index (χ0) is 12.5. The summed E-state index contributed by atoms with van der Waals surface area (Å²) >= 11 is 1.67. The summed E-state index contributed by atoms with van der Waals surface area (Å²) in [5.41, 5.74) is 7.19. The molecule has 2 aromatic heterocycles. The van der Waals surface area contributed by atoms with Gasteiger partial charge in [0.05, 0.1) is 18.9 Å². The van der Waals surface area contributed by atoms with Gasteiger partial charge in [-0.1, -0.05) is 0 Å². The van der Waals surface area contributed by atoms with Crippen LogP contribution in [0.5, 0.6) is 0 Å². The Bertz CT molecular complexity index is 527. The highest BCUT2D eigenvalue weighted by atomic mass is 32.1. The predicted molar refractivity (Wildman–Crippen MR) is 73.5 cm³/mol. The molecule has 1 unspecified atom stereocenters. The number of hydrogen-bond donors (Lipinski definition) is 1. The first-order chi connectivity index (χ1) is 8.75. The highest BCUT2D eigenvalue weighted by molar-refractivity contribution is 7.15. The second kappa shape index (κ2) is 4.87. The van der Waals surface area contributed by atoms with Crippen LogP contribution in [0.25, 0.3) is 4.96 Å². The quantitative estimate of drug-likeness (QED) is 0.904. The minimum Gasteiger partial charge on any atom is -0.378 e. The number of anilines is 1. The van der Waals surface area contributed by atoms with E-state index in [1.165, 1.54) is 5.69 Å². The van der Waals surface area contributed by atoms with Crippen LogP contribution in [-0.4, -0.2) is 41.7 Å². The van der Waals surface area contributed by atoms with Crippen LogP contribution in [0, 0.1) is 0 Å². The Hall–Kier alpha value is -1.11. The fourth-order valence-corrected chi connectivity index (χ4v) is 3.07. The molecule has 98 valence electrons. The number of imidazole rings is 1. The normalized spacial score (nSPS) is 18.4. The highest BCUT2D eigenvalue weighted by Crippen LogP contribution is 2.26. The molecule has 18 heavy (non-hydrogen) atoms. The maximum Gasteiger partial charge on any atom is 0.195 e. The van der Waals surface area contributed by atoms with Gasteiger partial charge in [0.1, 0.15) is 0 Å². The Labute approximate surface area is 110 Å². The van der Waals surface area contributed by atoms with Gasteiger partial charge in [-0.25, -0.2) is 4.98 Å². The van der Waals surface area contributed by atoms with Gasteiger partial charge in [0.25, 0.3) is 0 Å². The van der Waals surface area contributed by atoms with E-state index < -0.39 is 0 Å². The first kappa shape index (κ1) is 12.0. The molecule has 0 bridgehead atoms. The first-order valence-corrected chi connectivity index (χ1v) is 7.16. The summed E-state index contributed by atoms with van der Waals surface area (Å²) < 4.78 is 7.56. The van der Waals surface area contributed by atoms with Gasteiger partial charge in [-0.15, -0.1) is 11.3 Å². The van der Waals surface area contributed by atoms with Crippen LogP contribution in [0.15, 0.2) is 11.6 Å². The third-order valence-corrected chi connectivity index (χ3v) is 3.92. The molecule has 3 heterocycles. The van der Waals surface area contributed by atoms with Crippen molar-refractivity contribution in [3.05, 3.63) is 17.3 Å². The van der Waals surface area contributed by atoms with Crippen molar-refractivity contribution in [1.29, 1.82) is 0 Å². The average molecular weight is 266 g/mol. The number of nitrogens with two attached hydrogens (primary N) is 1. The lowest BCUT2D eigenvalue weighted by Crippen LogP contribution is -2.37. The Kier molecular flexibility index (Phi) is 3.23. The van der Waals surface area contributed by atoms with Gasteiger partial charge in [-0.05, 0) is 6.92 Å². The number of hydrogen-bond acceptors (Lipinski definition) is 5. The lowest BCUT2D eigenvalue weighted by Gasteiger charge is -2.28. The van der Waals surface area contributed by atoms with Gasteiger partial charge >= 0.3 is 0 Å². The monoisotopic (exact) mass is 266 g/mol. The van der Waals surface area contributed by atoms with Gasteiger partial charge < -0.3 is 15.4 Å². The summed E-state index contributed by atoms with van der Waals surface area (Å²) in [6.07, 6.45) is 2.93. The second-order valence-electron chi connectivity index (χ2n) is 4.72. The van der Waals surface area contributed by atoms with Crippen molar-refractivity contribution < 1.29 is 4.74 Å². The molecule has 2 aromatic rings. The molecule has 1 atom stereocenters. The molecule has 5 nitrogen and oxygen atoms in total. The molecular formula is C12H18N4OS. The van der Waals surface area contributed by atoms with E-state index >= 15 is 0 Å². The lowest BCUT2D eigenvalue weighted by atomic mass is 10.2. The first-order valence-electron chi connectivity index (χ1n) is 6.28. The van der Waals surface area contributed by atoms with E-state index in [0.717, 1.165) is 43.5 Å². The van der Waals surface area contributed by atoms with Gasteiger partial charge in [0.15, 0.2) is 10.8 Å². The zero-order valence-corrected chi connectivity index (χ0v) is 11.3. The van der Waals surface area contributed by atoms with Crippen LogP contribution in [0.3, 0.4) is 0 Å². The lowest BCUT2D eigenvalue weighted by molar-refractivity contribution is 0.122. The number of nitrogens with zero attached hydrogens (tertiary/aromatic N) is 3. The summed E-state index contributed by atoms with van der Waals surface area (Å²) in [6.45, 7) is 5.42. The van der Waals surface area contributed by atoms with E-state index in [1.807, 2.05) is 6.92 Å². The Balaban J connectivity index is 2.00. The number of thiazole rings is 1. The summed E-state index contributed by atoms with van der Waals surface area (Å²) in [6, 6.07) is 0.143. The van der Waals surface area contributed by atoms with Crippen molar-refractivity contribution in [3.8, 4) is 0 Å². The molecule has 6 heteroatoms. The van der Waals surface area contributed by atoms with Crippen LogP contribution < -0.4 is 10.6 Å². The number of ether oxygens (including phenoxy) is 1. The molecule has 1 aliphatic rings. The highest BCUT2D eigenvalue weighted by Gasteiger charge is 2.21. The number of morpholine rings is 1. The predicted octanol–water partition coefficient (Wildman–Crippen LogP) is 1.12. The molecule has 1 aliphatic heterocycles. The van der Waals surface area contributed by atoms with Gasteiger partial charge in [0, 0.05) is 37.1 Å². The molecule has 0 radical (unpaired) electrons. The van der Waals surface area contributed by atoms with Gasteiger partial charge in [-0.2, -0.15) is 0 Å². The topological polar surface area (TPSA) is 55.8 Å². The van der Waals surface area contributed by atoms with Crippen molar-refractivity contribution in [2.24, 2.45) is 5.73 Å². The third kappa shape index (κ3) is 2.11. The number of aromatic nitrogens is 2. The van der Waals surface area contributed by atoms with Crippen LogP contribution in [0.4, 0.5) is 5.82 Å². The third-order valence-electron chi connectivity index (χ3n) is 3.17. The summed E-state index contributed by atoms with van der Waals surface area (Å²) in [5.74, 6) is 1.09. The molecule has 0 spiro atoms. The minimum atomic E-state index is 0.143. The van der Waals surface area contributed by atoms with Crippen LogP contribution in [0.1, 0.15) is 12.6 Å². The van der Waals surface area contributed by atoms with Gasteiger partial charge in [-0.3, -0.25) is 4.40 Å². The van der Waals surface area contributed by atoms with E-state index in [9.17, 15) is 0 Å². The fraction of sp³-hybridized carbons (Fsp3) is 0.583. The van der Waals surface area contributed by atoms with Crippen LogP contribution >= 0.6 is 11.3 Å². The maximum absolute atomic E-state index is 5.96. The van der Waals surface area contributed by atoms with Crippen molar-refractivity contribution in [3.63, 3.8) is 0 Å². The molecule has 2 N–H and O–H groups in total. The minimum absolute atomic E-state index is 0.143. The Morgan fingerprint density at radius 1 is 1.50 bits per heavy atom. The van der Waals surface area contributed by atoms with Crippen molar-refractivity contribution >= 4 is 22.1 Å². The van der Waals surface area contributed by atoms with Crippen LogP contribution in [-0.2, 0) is 11.2 Å². The second-order valence-corrected chi connectivity index (χ2v) is 5.59. The molecule has 3 rings (SSSR count). The molecule has 1 fully saturated rings. The molecular weight excluding hydrogens is 248 g/mol. The van der Waals surface area contributed by atoms with E-state index in [0.29, 0.717) is 0 Å². The molecule has 0 aliphatic carbocycles. The van der Waals surface area contributed by atoms with E-state index in [4.69, 9.17) is 15.5 Å². The molecule has 0 amide bonds. The zero-order valence-electron chi connectivity index (χ0n) is 10.5. The summed E-state index contributed by atoms with van der Waals surface area (Å²) in [4.78, 5) is 8.10. The summed E-state index contributed by atoms with van der Waals surface area (Å²) in [7, 11) is 0. The molecule has 0 saturated carbocycles. The van der Waals surface area contributed by atoms with E-state index in [-0.39, 0.29) is 6.04 Å². The standard InChI is InChI=1S/C12H18N4OS/c1-9(13)8-10-11(15-2-5-17-6-3-15)14-12-16(10)4-7-18-12/h4,7,9H,2-3,5-6,8,13H2,1H3. The number of fused-ring (bicyclic) bond motifs is 1. The van der Waals surface area contributed by atoms with Gasteiger partial charge in [0.2, 0.25) is 0 Å². The fourth-order valence-electron chi connectivity index (χ4n) is 2.34. The van der Waals surface area contributed by atoms with Crippen molar-refractivity contribution in [2.45, 2.75) is 19.4 Å². The van der Waals surface area contributed by atoms with Crippen molar-refractivity contribution in [2.75, 3.05) is 31.2 Å².